The number of likely N-dealkylation sites (tertiary alicyclic amines) is 1. The molecular weight excluding hydrogens is 122 g/mol. The van der Waals surface area contributed by atoms with E-state index in [9.17, 15) is 0 Å². The van der Waals surface area contributed by atoms with Crippen molar-refractivity contribution in [3.05, 3.63) is 5.92 Å². The highest BCUT2D eigenvalue weighted by Crippen LogP contribution is 2.10. The fraction of sp³-hybridized carbons (Fsp3) is 0.889. The summed E-state index contributed by atoms with van der Waals surface area (Å²) in [5, 5.41) is 0. The molecule has 1 nitrogen and oxygen atoms in total. The average Bonchev–Trinajstić information content (AvgIpc) is 1.88. The second-order valence-corrected chi connectivity index (χ2v) is 3.54. The van der Waals surface area contributed by atoms with Crippen molar-refractivity contribution >= 4 is 0 Å². The molecule has 10 heavy (non-hydrogen) atoms. The third-order valence-corrected chi connectivity index (χ3v) is 1.99. The lowest BCUT2D eigenvalue weighted by atomic mass is 10.1. The third-order valence-electron chi connectivity index (χ3n) is 1.99. The molecule has 1 fully saturated rings. The van der Waals surface area contributed by atoms with Gasteiger partial charge in [-0.3, -0.25) is 0 Å². The van der Waals surface area contributed by atoms with Crippen LogP contribution in [0.3, 0.4) is 0 Å². The Morgan fingerprint density at radius 1 is 1.10 bits per heavy atom. The summed E-state index contributed by atoms with van der Waals surface area (Å²) in [6, 6.07) is 0. The first kappa shape index (κ1) is 8.06. The summed E-state index contributed by atoms with van der Waals surface area (Å²) in [4.78, 5) is 2.55. The van der Waals surface area contributed by atoms with E-state index in [4.69, 9.17) is 0 Å². The first-order chi connectivity index (χ1) is 4.79. The summed E-state index contributed by atoms with van der Waals surface area (Å²) < 4.78 is 0. The van der Waals surface area contributed by atoms with Gasteiger partial charge in [0, 0.05) is 6.54 Å². The van der Waals surface area contributed by atoms with Crippen molar-refractivity contribution in [3.63, 3.8) is 0 Å². The molecule has 0 aromatic rings. The Morgan fingerprint density at radius 3 is 2.20 bits per heavy atom. The number of hydrogen-bond acceptors (Lipinski definition) is 1. The first-order valence-electron chi connectivity index (χ1n) is 4.30. The zero-order valence-corrected chi connectivity index (χ0v) is 7.19. The molecular formula is C9H18N. The second kappa shape index (κ2) is 3.97. The van der Waals surface area contributed by atoms with Crippen LogP contribution in [0.1, 0.15) is 33.1 Å². The van der Waals surface area contributed by atoms with Gasteiger partial charge in [-0.05, 0) is 31.8 Å². The van der Waals surface area contributed by atoms with E-state index in [1.165, 1.54) is 38.9 Å². The highest BCUT2D eigenvalue weighted by atomic mass is 15.1. The molecule has 0 saturated carbocycles. The molecule has 1 radical (unpaired) electrons. The predicted octanol–water partition coefficient (Wildman–Crippen LogP) is 2.09. The van der Waals surface area contributed by atoms with Gasteiger partial charge in [0.05, 0.1) is 0 Å². The van der Waals surface area contributed by atoms with E-state index in [1.807, 2.05) is 0 Å². The van der Waals surface area contributed by atoms with E-state index in [1.54, 1.807) is 5.92 Å². The van der Waals surface area contributed by atoms with Crippen molar-refractivity contribution in [2.24, 2.45) is 0 Å². The van der Waals surface area contributed by atoms with Crippen LogP contribution in [0.2, 0.25) is 0 Å². The average molecular weight is 140 g/mol. The minimum Gasteiger partial charge on any atom is -0.303 e. The molecule has 1 rings (SSSR count). The highest BCUT2D eigenvalue weighted by molar-refractivity contribution is 4.82. The molecule has 1 heterocycles. The predicted molar refractivity (Wildman–Crippen MR) is 44.9 cm³/mol. The molecule has 0 aromatic carbocycles. The topological polar surface area (TPSA) is 3.24 Å². The van der Waals surface area contributed by atoms with Crippen molar-refractivity contribution in [1.29, 1.82) is 0 Å². The maximum atomic E-state index is 2.55. The zero-order valence-electron chi connectivity index (χ0n) is 7.19. The van der Waals surface area contributed by atoms with Crippen LogP contribution in [-0.2, 0) is 0 Å². The maximum absolute atomic E-state index is 2.55. The van der Waals surface area contributed by atoms with Crippen LogP contribution in [-0.4, -0.2) is 24.5 Å². The summed E-state index contributed by atoms with van der Waals surface area (Å²) in [6.45, 7) is 8.31. The van der Waals surface area contributed by atoms with Crippen LogP contribution in [0.4, 0.5) is 0 Å². The van der Waals surface area contributed by atoms with Gasteiger partial charge in [-0.2, -0.15) is 0 Å². The van der Waals surface area contributed by atoms with Crippen molar-refractivity contribution in [2.75, 3.05) is 19.6 Å². The van der Waals surface area contributed by atoms with Gasteiger partial charge in [-0.1, -0.05) is 20.3 Å². The SMILES string of the molecule is C[C](C)CN1CCCCC1. The minimum absolute atomic E-state index is 1.22. The molecule has 1 aliphatic rings. The van der Waals surface area contributed by atoms with E-state index in [0.717, 1.165) is 0 Å². The number of nitrogens with zero attached hydrogens (tertiary/aromatic N) is 1. The van der Waals surface area contributed by atoms with Gasteiger partial charge in [0.25, 0.3) is 0 Å². The fourth-order valence-electron chi connectivity index (χ4n) is 1.56. The molecule has 0 N–H and O–H groups in total. The largest absolute Gasteiger partial charge is 0.303 e. The molecule has 1 heteroatoms. The van der Waals surface area contributed by atoms with Crippen LogP contribution in [0.15, 0.2) is 0 Å². The quantitative estimate of drug-likeness (QED) is 0.567. The van der Waals surface area contributed by atoms with Crippen molar-refractivity contribution in [3.8, 4) is 0 Å². The van der Waals surface area contributed by atoms with E-state index < -0.39 is 0 Å². The van der Waals surface area contributed by atoms with Gasteiger partial charge in [0.2, 0.25) is 0 Å². The number of rotatable bonds is 2. The van der Waals surface area contributed by atoms with Crippen molar-refractivity contribution in [1.82, 2.24) is 4.90 Å². The Balaban J connectivity index is 2.13. The molecule has 0 bridgehead atoms. The second-order valence-electron chi connectivity index (χ2n) is 3.54. The van der Waals surface area contributed by atoms with Crippen LogP contribution in [0, 0.1) is 5.92 Å². The van der Waals surface area contributed by atoms with Crippen LogP contribution < -0.4 is 0 Å². The number of hydrogen-bond donors (Lipinski definition) is 0. The highest BCUT2D eigenvalue weighted by Gasteiger charge is 2.10. The molecule has 0 aliphatic carbocycles. The maximum Gasteiger partial charge on any atom is 0.00383 e. The number of piperidine rings is 1. The van der Waals surface area contributed by atoms with E-state index >= 15 is 0 Å². The lowest BCUT2D eigenvalue weighted by molar-refractivity contribution is 0.237. The Bertz CT molecular complexity index is 82.7. The van der Waals surface area contributed by atoms with Gasteiger partial charge in [-0.15, -0.1) is 0 Å². The van der Waals surface area contributed by atoms with Crippen LogP contribution in [0.5, 0.6) is 0 Å². The van der Waals surface area contributed by atoms with Crippen molar-refractivity contribution in [2.45, 2.75) is 33.1 Å². The van der Waals surface area contributed by atoms with Gasteiger partial charge >= 0.3 is 0 Å². The van der Waals surface area contributed by atoms with Gasteiger partial charge < -0.3 is 4.90 Å². The third kappa shape index (κ3) is 2.70. The molecule has 0 unspecified atom stereocenters. The molecule has 0 amide bonds. The van der Waals surface area contributed by atoms with Crippen LogP contribution in [0.25, 0.3) is 0 Å². The smallest absolute Gasteiger partial charge is 0.00383 e. The van der Waals surface area contributed by atoms with Gasteiger partial charge in [0.1, 0.15) is 0 Å². The van der Waals surface area contributed by atoms with E-state index in [-0.39, 0.29) is 0 Å². The lowest BCUT2D eigenvalue weighted by Crippen LogP contribution is -2.32. The standard InChI is InChI=1S/C9H18N/c1-9(2)8-10-6-4-3-5-7-10/h3-8H2,1-2H3. The summed E-state index contributed by atoms with van der Waals surface area (Å²) in [7, 11) is 0. The zero-order chi connectivity index (χ0) is 7.40. The van der Waals surface area contributed by atoms with Gasteiger partial charge in [-0.25, -0.2) is 0 Å². The molecule has 59 valence electrons. The summed E-state index contributed by atoms with van der Waals surface area (Å²) in [6.07, 6.45) is 4.26. The molecule has 0 atom stereocenters. The summed E-state index contributed by atoms with van der Waals surface area (Å²) in [5.41, 5.74) is 0. The molecule has 0 aromatic heterocycles. The Kier molecular flexibility index (Phi) is 3.20. The minimum atomic E-state index is 1.22. The Labute approximate surface area is 64.4 Å². The monoisotopic (exact) mass is 140 g/mol. The van der Waals surface area contributed by atoms with Crippen LogP contribution >= 0.6 is 0 Å². The lowest BCUT2D eigenvalue weighted by Gasteiger charge is -2.27. The Morgan fingerprint density at radius 2 is 1.70 bits per heavy atom. The van der Waals surface area contributed by atoms with Gasteiger partial charge in [0.15, 0.2) is 0 Å². The first-order valence-corrected chi connectivity index (χ1v) is 4.30. The molecule has 1 saturated heterocycles. The summed E-state index contributed by atoms with van der Waals surface area (Å²) >= 11 is 0. The van der Waals surface area contributed by atoms with E-state index in [0.29, 0.717) is 0 Å². The summed E-state index contributed by atoms with van der Waals surface area (Å²) in [5.74, 6) is 1.54. The molecule has 1 aliphatic heterocycles. The van der Waals surface area contributed by atoms with Crippen molar-refractivity contribution < 1.29 is 0 Å². The van der Waals surface area contributed by atoms with E-state index in [2.05, 4.69) is 18.7 Å². The normalized spacial score (nSPS) is 21.9. The Hall–Kier alpha value is -0.0400. The fourth-order valence-corrected chi connectivity index (χ4v) is 1.56. The molecule has 0 spiro atoms.